The summed E-state index contributed by atoms with van der Waals surface area (Å²) in [5.74, 6) is -0.491. The van der Waals surface area contributed by atoms with Crippen molar-refractivity contribution in [2.24, 2.45) is 5.73 Å². The Morgan fingerprint density at radius 3 is 1.00 bits per heavy atom. The number of ether oxygens (including phenoxy) is 2. The quantitative estimate of drug-likeness (QED) is 0.234. The van der Waals surface area contributed by atoms with Gasteiger partial charge in [-0.3, -0.25) is 9.59 Å². The first-order valence-corrected chi connectivity index (χ1v) is 7.13. The molecule has 161 valence electrons. The van der Waals surface area contributed by atoms with E-state index < -0.39 is 0 Å². The molecule has 0 bridgehead atoms. The van der Waals surface area contributed by atoms with Crippen LogP contribution in [0.1, 0.15) is 43.0 Å². The van der Waals surface area contributed by atoms with Crippen LogP contribution in [0.3, 0.4) is 0 Å². The van der Waals surface area contributed by atoms with Crippen LogP contribution < -0.4 is 40.6 Å². The van der Waals surface area contributed by atoms with Crippen molar-refractivity contribution in [2.45, 2.75) is 41.5 Å². The van der Waals surface area contributed by atoms with Crippen LogP contribution in [0.4, 0.5) is 0 Å². The van der Waals surface area contributed by atoms with Gasteiger partial charge in [0.1, 0.15) is 6.29 Å². The fourth-order valence-corrected chi connectivity index (χ4v) is 0.250. The SMILES string of the molecule is CC=O.CCN.CCNCC.CO.COC(C)=O.COC(C)=O.[B].[B].[B].[B].[B].[H-].[Na+]. The largest absolute Gasteiger partial charge is 1.00 e. The molecule has 0 aromatic carbocycles. The summed E-state index contributed by atoms with van der Waals surface area (Å²) in [6.45, 7) is 13.2. The number of carbonyl (C=O) groups is 3. The fourth-order valence-electron chi connectivity index (χ4n) is 0.250. The molecule has 0 saturated carbocycles. The first-order valence-electron chi connectivity index (χ1n) is 7.13. The Hall–Kier alpha value is -0.185. The van der Waals surface area contributed by atoms with E-state index in [0.29, 0.717) is 0 Å². The van der Waals surface area contributed by atoms with Crippen LogP contribution in [0.25, 0.3) is 0 Å². The maximum absolute atomic E-state index is 9.59. The average molecular weight is 421 g/mol. The van der Waals surface area contributed by atoms with E-state index in [1.54, 1.807) is 0 Å². The second-order valence-electron chi connectivity index (χ2n) is 2.99. The molecule has 0 spiro atoms. The molecule has 0 fully saturated rings. The summed E-state index contributed by atoms with van der Waals surface area (Å²) >= 11 is 0. The Balaban J connectivity index is -0.0000000103. The molecule has 14 heteroatoms. The Morgan fingerprint density at radius 1 is 0.897 bits per heavy atom. The minimum atomic E-state index is -0.245. The van der Waals surface area contributed by atoms with Gasteiger partial charge in [-0.25, -0.2) is 0 Å². The van der Waals surface area contributed by atoms with E-state index in [4.69, 9.17) is 15.6 Å². The van der Waals surface area contributed by atoms with Gasteiger partial charge in [-0.05, 0) is 26.6 Å². The number of aliphatic hydroxyl groups is 1. The maximum atomic E-state index is 9.59. The Bertz CT molecular complexity index is 218. The Kier molecular flexibility index (Phi) is 331. The molecule has 0 saturated heterocycles. The van der Waals surface area contributed by atoms with Crippen LogP contribution in [-0.4, -0.2) is 106 Å². The van der Waals surface area contributed by atoms with Gasteiger partial charge in [-0.1, -0.05) is 20.8 Å². The van der Waals surface area contributed by atoms with Crippen molar-refractivity contribution in [2.75, 3.05) is 41.0 Å². The van der Waals surface area contributed by atoms with Gasteiger partial charge in [0.15, 0.2) is 0 Å². The van der Waals surface area contributed by atoms with Crippen molar-refractivity contribution in [1.82, 2.24) is 5.32 Å². The second kappa shape index (κ2) is 122. The molecule has 0 rings (SSSR count). The van der Waals surface area contributed by atoms with Crippen molar-refractivity contribution in [3.63, 3.8) is 0 Å². The van der Waals surface area contributed by atoms with E-state index in [-0.39, 0.29) is 85.0 Å². The summed E-state index contributed by atoms with van der Waals surface area (Å²) in [6.07, 6.45) is 0.750. The molecular formula is C15H39B5N2NaO6. The van der Waals surface area contributed by atoms with E-state index in [2.05, 4.69) is 28.6 Å². The minimum absolute atomic E-state index is 0. The first-order chi connectivity index (χ1) is 10.8. The van der Waals surface area contributed by atoms with Gasteiger partial charge >= 0.3 is 41.5 Å². The van der Waals surface area contributed by atoms with Crippen LogP contribution in [0.2, 0.25) is 0 Å². The smallest absolute Gasteiger partial charge is 1.00 e. The first kappa shape index (κ1) is 78.8. The zero-order chi connectivity index (χ0) is 20.1. The summed E-state index contributed by atoms with van der Waals surface area (Å²) in [4.78, 5) is 28.0. The molecule has 0 unspecified atom stereocenters. The van der Waals surface area contributed by atoms with Crippen LogP contribution in [0, 0.1) is 0 Å². The number of rotatable bonds is 2. The normalized spacial score (nSPS) is 5.07. The third kappa shape index (κ3) is 548. The number of hydrogen-bond acceptors (Lipinski definition) is 8. The van der Waals surface area contributed by atoms with Crippen molar-refractivity contribution < 1.29 is 59.9 Å². The zero-order valence-electron chi connectivity index (χ0n) is 21.2. The van der Waals surface area contributed by atoms with Crippen LogP contribution in [0.5, 0.6) is 0 Å². The maximum Gasteiger partial charge on any atom is 1.00 e. The summed E-state index contributed by atoms with van der Waals surface area (Å²) < 4.78 is 8.22. The summed E-state index contributed by atoms with van der Waals surface area (Å²) in [5.41, 5.74) is 4.85. The second-order valence-corrected chi connectivity index (χ2v) is 2.99. The molecule has 0 aliphatic rings. The van der Waals surface area contributed by atoms with Gasteiger partial charge in [0.25, 0.3) is 0 Å². The fraction of sp³-hybridized carbons (Fsp3) is 0.800. The van der Waals surface area contributed by atoms with Crippen LogP contribution >= 0.6 is 0 Å². The molecule has 0 aromatic heterocycles. The average Bonchev–Trinajstić information content (AvgIpc) is 2.52. The number of aliphatic hydroxyl groups excluding tert-OH is 1. The van der Waals surface area contributed by atoms with Gasteiger partial charge in [0, 0.05) is 63.0 Å². The molecule has 29 heavy (non-hydrogen) atoms. The standard InChI is InChI=1S/C4H11N.2C3H6O2.C2H7N.C2H4O.CH4O.5B.Na.H/c1-3-5-4-2;2*1-3(4)5-2;2*1-2-3;1-2;;;;;;;/h5H,3-4H2,1-2H3;2*1-2H3;2-3H2,1H3;2H,1H3;2H,1H3;;;;;;;/q;;;;;;;;;;;+1;-1. The number of carbonyl (C=O) groups excluding carboxylic acids is 3. The zero-order valence-corrected chi connectivity index (χ0v) is 22.2. The predicted octanol–water partition coefficient (Wildman–Crippen LogP) is -4.03. The molecule has 0 heterocycles. The van der Waals surface area contributed by atoms with Gasteiger partial charge in [-0.2, -0.15) is 0 Å². The summed E-state index contributed by atoms with van der Waals surface area (Å²) in [5, 5.41) is 10.1. The van der Waals surface area contributed by atoms with Crippen molar-refractivity contribution in [3.05, 3.63) is 0 Å². The monoisotopic (exact) mass is 421 g/mol. The van der Waals surface area contributed by atoms with Gasteiger partial charge in [0.2, 0.25) is 0 Å². The van der Waals surface area contributed by atoms with E-state index in [1.807, 2.05) is 6.92 Å². The molecule has 4 N–H and O–H groups in total. The predicted molar refractivity (Wildman–Crippen MR) is 124 cm³/mol. The Labute approximate surface area is 213 Å². The van der Waals surface area contributed by atoms with Gasteiger partial charge in [0.05, 0.1) is 14.2 Å². The van der Waals surface area contributed by atoms with E-state index >= 15 is 0 Å². The summed E-state index contributed by atoms with van der Waals surface area (Å²) in [6, 6.07) is 0. The number of esters is 2. The molecular weight excluding hydrogens is 381 g/mol. The van der Waals surface area contributed by atoms with Crippen molar-refractivity contribution >= 4 is 60.3 Å². The third-order valence-electron chi connectivity index (χ3n) is 1.07. The van der Waals surface area contributed by atoms with Crippen molar-refractivity contribution in [1.29, 1.82) is 0 Å². The van der Waals surface area contributed by atoms with Crippen molar-refractivity contribution in [3.8, 4) is 0 Å². The van der Waals surface area contributed by atoms with Gasteiger partial charge in [-0.15, -0.1) is 0 Å². The molecule has 0 aromatic rings. The number of aldehydes is 1. The number of methoxy groups -OCH3 is 2. The molecule has 0 aliphatic carbocycles. The number of nitrogens with two attached hydrogens (primary N) is 1. The van der Waals surface area contributed by atoms with Crippen LogP contribution in [-0.2, 0) is 23.9 Å². The molecule has 15 radical (unpaired) electrons. The number of hydrogen-bond donors (Lipinski definition) is 3. The van der Waals surface area contributed by atoms with E-state index in [9.17, 15) is 9.59 Å². The van der Waals surface area contributed by atoms with E-state index in [1.165, 1.54) is 35.0 Å². The number of nitrogens with one attached hydrogen (secondary N) is 1. The minimum Gasteiger partial charge on any atom is -1.00 e. The molecule has 8 nitrogen and oxygen atoms in total. The van der Waals surface area contributed by atoms with Gasteiger partial charge < -0.3 is 31.9 Å². The summed E-state index contributed by atoms with van der Waals surface area (Å²) in [7, 11) is 3.70. The molecule has 0 amide bonds. The third-order valence-corrected chi connectivity index (χ3v) is 1.07. The topological polar surface area (TPSA) is 128 Å². The molecule has 0 aliphatic heterocycles. The molecule has 0 atom stereocenters. The van der Waals surface area contributed by atoms with Crippen LogP contribution in [0.15, 0.2) is 0 Å². The Morgan fingerprint density at radius 2 is 1.00 bits per heavy atom. The van der Waals surface area contributed by atoms with E-state index in [0.717, 1.165) is 33.0 Å².